The van der Waals surface area contributed by atoms with Gasteiger partial charge in [0, 0.05) is 19.8 Å². The van der Waals surface area contributed by atoms with E-state index in [4.69, 9.17) is 14.7 Å². The molecule has 0 unspecified atom stereocenters. The molecule has 0 atom stereocenters. The Morgan fingerprint density at radius 2 is 2.10 bits per heavy atom. The molecule has 1 saturated carbocycles. The van der Waals surface area contributed by atoms with Gasteiger partial charge in [-0.2, -0.15) is 5.26 Å². The maximum atomic E-state index is 10.9. The summed E-state index contributed by atoms with van der Waals surface area (Å²) in [5, 5.41) is 20.1. The maximum absolute atomic E-state index is 10.9. The normalized spacial score (nSPS) is 21.5. The predicted molar refractivity (Wildman–Crippen MR) is 76.1 cm³/mol. The molecule has 1 aliphatic carbocycles. The van der Waals surface area contributed by atoms with Crippen LogP contribution < -0.4 is 4.74 Å². The Morgan fingerprint density at radius 3 is 2.67 bits per heavy atom. The summed E-state index contributed by atoms with van der Waals surface area (Å²) < 4.78 is 11.0. The summed E-state index contributed by atoms with van der Waals surface area (Å²) in [5.41, 5.74) is -0.204. The number of nitro groups is 1. The lowest BCUT2D eigenvalue weighted by Crippen LogP contribution is -2.26. The van der Waals surface area contributed by atoms with E-state index in [1.54, 1.807) is 19.2 Å². The molecule has 1 aromatic carbocycles. The molecule has 1 aromatic rings. The zero-order chi connectivity index (χ0) is 15.2. The van der Waals surface area contributed by atoms with Gasteiger partial charge < -0.3 is 9.47 Å². The largest absolute Gasteiger partial charge is 0.489 e. The Balaban J connectivity index is 2.06. The van der Waals surface area contributed by atoms with Gasteiger partial charge in [0.2, 0.25) is 0 Å². The number of methoxy groups -OCH3 is 1. The number of hydrogen-bond acceptors (Lipinski definition) is 5. The van der Waals surface area contributed by atoms with E-state index in [0.29, 0.717) is 11.7 Å². The van der Waals surface area contributed by atoms with Crippen LogP contribution in [0.15, 0.2) is 18.2 Å². The fourth-order valence-corrected chi connectivity index (χ4v) is 2.71. The molecule has 0 radical (unpaired) electrons. The summed E-state index contributed by atoms with van der Waals surface area (Å²) in [7, 11) is 1.70. The Labute approximate surface area is 123 Å². The first-order valence-electron chi connectivity index (χ1n) is 6.98. The van der Waals surface area contributed by atoms with Crippen molar-refractivity contribution in [2.45, 2.75) is 31.8 Å². The van der Waals surface area contributed by atoms with Gasteiger partial charge in [-0.3, -0.25) is 10.1 Å². The minimum atomic E-state index is -0.555. The summed E-state index contributed by atoms with van der Waals surface area (Å²) in [6.07, 6.45) is 3.78. The summed E-state index contributed by atoms with van der Waals surface area (Å²) >= 11 is 0. The highest BCUT2D eigenvalue weighted by Gasteiger charge is 2.25. The van der Waals surface area contributed by atoms with Gasteiger partial charge in [0.15, 0.2) is 5.56 Å². The number of nitro benzene ring substituents is 1. The van der Waals surface area contributed by atoms with Crippen LogP contribution in [0.1, 0.15) is 31.2 Å². The van der Waals surface area contributed by atoms with Crippen molar-refractivity contribution in [3.8, 4) is 11.8 Å². The minimum Gasteiger partial charge on any atom is -0.489 e. The van der Waals surface area contributed by atoms with Gasteiger partial charge in [0.25, 0.3) is 5.69 Å². The van der Waals surface area contributed by atoms with Crippen molar-refractivity contribution < 1.29 is 14.4 Å². The van der Waals surface area contributed by atoms with Crippen molar-refractivity contribution >= 4 is 5.69 Å². The monoisotopic (exact) mass is 290 g/mol. The highest BCUT2D eigenvalue weighted by molar-refractivity contribution is 5.56. The Morgan fingerprint density at radius 1 is 1.38 bits per heavy atom. The standard InChI is InChI=1S/C15H18N2O4/c1-20-10-11-5-7-12(8-6-11)21-15-4-2-3-14(17(18)19)13(15)9-16/h2-4,11-12H,5-8,10H2,1H3. The van der Waals surface area contributed by atoms with Crippen LogP contribution in [0.25, 0.3) is 0 Å². The highest BCUT2D eigenvalue weighted by Crippen LogP contribution is 2.32. The predicted octanol–water partition coefficient (Wildman–Crippen LogP) is 3.05. The zero-order valence-corrected chi connectivity index (χ0v) is 11.9. The Hall–Kier alpha value is -2.13. The lowest BCUT2D eigenvalue weighted by Gasteiger charge is -2.28. The number of ether oxygens (including phenoxy) is 2. The minimum absolute atomic E-state index is 0.00140. The van der Waals surface area contributed by atoms with Crippen LogP contribution in [-0.4, -0.2) is 24.7 Å². The average molecular weight is 290 g/mol. The summed E-state index contributed by atoms with van der Waals surface area (Å²) in [6, 6.07) is 6.36. The molecular weight excluding hydrogens is 272 g/mol. The molecule has 0 saturated heterocycles. The third-order valence-corrected chi connectivity index (χ3v) is 3.80. The third kappa shape index (κ3) is 3.70. The van der Waals surface area contributed by atoms with E-state index < -0.39 is 4.92 Å². The van der Waals surface area contributed by atoms with Gasteiger partial charge in [-0.15, -0.1) is 0 Å². The smallest absolute Gasteiger partial charge is 0.290 e. The first kappa shape index (κ1) is 15.3. The van der Waals surface area contributed by atoms with E-state index in [-0.39, 0.29) is 17.4 Å². The van der Waals surface area contributed by atoms with Crippen molar-refractivity contribution in [3.05, 3.63) is 33.9 Å². The molecule has 6 heteroatoms. The topological polar surface area (TPSA) is 85.4 Å². The third-order valence-electron chi connectivity index (χ3n) is 3.80. The van der Waals surface area contributed by atoms with E-state index >= 15 is 0 Å². The summed E-state index contributed by atoms with van der Waals surface area (Å²) in [6.45, 7) is 0.757. The van der Waals surface area contributed by atoms with Crippen LogP contribution in [-0.2, 0) is 4.74 Å². The molecule has 6 nitrogen and oxygen atoms in total. The van der Waals surface area contributed by atoms with Gasteiger partial charge in [-0.25, -0.2) is 0 Å². The van der Waals surface area contributed by atoms with Gasteiger partial charge in [0.05, 0.1) is 11.0 Å². The molecule has 0 aromatic heterocycles. The van der Waals surface area contributed by atoms with E-state index in [9.17, 15) is 10.1 Å². The maximum Gasteiger partial charge on any atom is 0.290 e. The number of nitriles is 1. The molecular formula is C15H18N2O4. The number of hydrogen-bond donors (Lipinski definition) is 0. The zero-order valence-electron chi connectivity index (χ0n) is 11.9. The SMILES string of the molecule is COCC1CCC(Oc2cccc([N+](=O)[O-])c2C#N)CC1. The first-order chi connectivity index (χ1) is 10.2. The first-order valence-corrected chi connectivity index (χ1v) is 6.98. The van der Waals surface area contributed by atoms with Crippen LogP contribution in [0.3, 0.4) is 0 Å². The highest BCUT2D eigenvalue weighted by atomic mass is 16.6. The second-order valence-corrected chi connectivity index (χ2v) is 5.24. The molecule has 1 fully saturated rings. The van der Waals surface area contributed by atoms with Gasteiger partial charge in [-0.1, -0.05) is 6.07 Å². The fraction of sp³-hybridized carbons (Fsp3) is 0.533. The molecule has 0 spiro atoms. The van der Waals surface area contributed by atoms with Crippen molar-refractivity contribution in [1.82, 2.24) is 0 Å². The van der Waals surface area contributed by atoms with Crippen LogP contribution >= 0.6 is 0 Å². The Bertz CT molecular complexity index is 545. The van der Waals surface area contributed by atoms with Crippen LogP contribution in [0.5, 0.6) is 5.75 Å². The van der Waals surface area contributed by atoms with Gasteiger partial charge in [-0.05, 0) is 37.7 Å². The molecule has 0 bridgehead atoms. The summed E-state index contributed by atoms with van der Waals surface area (Å²) in [5.74, 6) is 0.859. The fourth-order valence-electron chi connectivity index (χ4n) is 2.71. The van der Waals surface area contributed by atoms with E-state index in [0.717, 1.165) is 32.3 Å². The van der Waals surface area contributed by atoms with Gasteiger partial charge in [0.1, 0.15) is 11.8 Å². The molecule has 112 valence electrons. The lowest BCUT2D eigenvalue weighted by molar-refractivity contribution is -0.385. The van der Waals surface area contributed by atoms with Gasteiger partial charge >= 0.3 is 0 Å². The molecule has 0 heterocycles. The Kier molecular flexibility index (Phi) is 5.12. The van der Waals surface area contributed by atoms with Crippen LogP contribution in [0.4, 0.5) is 5.69 Å². The average Bonchev–Trinajstić information content (AvgIpc) is 2.49. The molecule has 2 rings (SSSR count). The number of nitrogens with zero attached hydrogens (tertiary/aromatic N) is 2. The quantitative estimate of drug-likeness (QED) is 0.614. The second-order valence-electron chi connectivity index (χ2n) is 5.24. The van der Waals surface area contributed by atoms with Crippen LogP contribution in [0, 0.1) is 27.4 Å². The molecule has 1 aliphatic rings. The lowest BCUT2D eigenvalue weighted by atomic mass is 9.88. The van der Waals surface area contributed by atoms with Crippen molar-refractivity contribution in [3.63, 3.8) is 0 Å². The molecule has 0 aliphatic heterocycles. The van der Waals surface area contributed by atoms with Crippen molar-refractivity contribution in [2.24, 2.45) is 5.92 Å². The van der Waals surface area contributed by atoms with E-state index in [1.807, 2.05) is 6.07 Å². The molecule has 21 heavy (non-hydrogen) atoms. The molecule has 0 amide bonds. The number of rotatable bonds is 5. The summed E-state index contributed by atoms with van der Waals surface area (Å²) in [4.78, 5) is 10.4. The van der Waals surface area contributed by atoms with Crippen molar-refractivity contribution in [2.75, 3.05) is 13.7 Å². The van der Waals surface area contributed by atoms with Crippen molar-refractivity contribution in [1.29, 1.82) is 5.26 Å². The van der Waals surface area contributed by atoms with E-state index in [1.165, 1.54) is 6.07 Å². The number of benzene rings is 1. The van der Waals surface area contributed by atoms with E-state index in [2.05, 4.69) is 0 Å². The second kappa shape index (κ2) is 7.04. The van der Waals surface area contributed by atoms with Crippen LogP contribution in [0.2, 0.25) is 0 Å². The molecule has 0 N–H and O–H groups in total.